The van der Waals surface area contributed by atoms with Gasteiger partial charge in [0.1, 0.15) is 0 Å². The van der Waals surface area contributed by atoms with Crippen LogP contribution in [0, 0.1) is 17.2 Å². The number of benzene rings is 1. The molecule has 0 atom stereocenters. The highest BCUT2D eigenvalue weighted by Gasteiger charge is 2.25. The van der Waals surface area contributed by atoms with Crippen LogP contribution in [0.3, 0.4) is 0 Å². The molecule has 110 valence electrons. The Morgan fingerprint density at radius 1 is 1.45 bits per heavy atom. The molecule has 0 bridgehead atoms. The Balaban J connectivity index is 3.14. The van der Waals surface area contributed by atoms with Gasteiger partial charge in [-0.1, -0.05) is 25.4 Å². The maximum atomic E-state index is 12.6. The molecule has 0 spiro atoms. The molecule has 1 aromatic carbocycles. The fraction of sp³-hybridized carbons (Fsp3) is 0.462. The summed E-state index contributed by atoms with van der Waals surface area (Å²) in [6, 6.07) is 6.47. The number of nitrogens with zero attached hydrogens (tertiary/aromatic N) is 2. The Morgan fingerprint density at radius 2 is 2.10 bits per heavy atom. The van der Waals surface area contributed by atoms with Crippen molar-refractivity contribution in [1.82, 2.24) is 4.31 Å². The van der Waals surface area contributed by atoms with Crippen molar-refractivity contribution in [1.29, 1.82) is 5.26 Å². The summed E-state index contributed by atoms with van der Waals surface area (Å²) < 4.78 is 27.1. The minimum absolute atomic E-state index is 0.167. The van der Waals surface area contributed by atoms with Crippen LogP contribution in [0.25, 0.3) is 0 Å². The summed E-state index contributed by atoms with van der Waals surface area (Å²) in [5.41, 5.74) is 0. The van der Waals surface area contributed by atoms with Gasteiger partial charge in [0.2, 0.25) is 10.0 Å². The predicted octanol–water partition coefficient (Wildman–Crippen LogP) is 3.66. The van der Waals surface area contributed by atoms with Crippen molar-refractivity contribution in [3.63, 3.8) is 0 Å². The quantitative estimate of drug-likeness (QED) is 0.757. The monoisotopic (exact) mass is 378 g/mol. The fourth-order valence-corrected chi connectivity index (χ4v) is 3.96. The Kier molecular flexibility index (Phi) is 6.46. The molecule has 1 aromatic rings. The zero-order chi connectivity index (χ0) is 15.3. The van der Waals surface area contributed by atoms with Crippen LogP contribution in [-0.2, 0) is 10.0 Å². The number of sulfonamides is 1. The van der Waals surface area contributed by atoms with Crippen molar-refractivity contribution in [3.05, 3.63) is 27.7 Å². The van der Waals surface area contributed by atoms with Crippen LogP contribution in [0.1, 0.15) is 20.3 Å². The van der Waals surface area contributed by atoms with Crippen molar-refractivity contribution in [2.75, 3.05) is 13.1 Å². The first-order chi connectivity index (χ1) is 9.28. The number of hydrogen-bond acceptors (Lipinski definition) is 3. The van der Waals surface area contributed by atoms with Gasteiger partial charge in [0.25, 0.3) is 0 Å². The van der Waals surface area contributed by atoms with E-state index in [1.54, 1.807) is 0 Å². The van der Waals surface area contributed by atoms with Gasteiger partial charge in [-0.05, 0) is 40.0 Å². The molecule has 7 heteroatoms. The molecule has 0 N–H and O–H groups in total. The number of hydrogen-bond donors (Lipinski definition) is 0. The molecule has 0 aromatic heterocycles. The molecule has 0 unspecified atom stereocenters. The molecule has 0 saturated heterocycles. The van der Waals surface area contributed by atoms with Crippen LogP contribution in [-0.4, -0.2) is 25.8 Å². The van der Waals surface area contributed by atoms with Gasteiger partial charge in [0, 0.05) is 24.0 Å². The Labute approximate surface area is 133 Å². The Bertz CT molecular complexity index is 611. The summed E-state index contributed by atoms with van der Waals surface area (Å²) in [6.45, 7) is 4.45. The Hall–Kier alpha value is -0.610. The first kappa shape index (κ1) is 17.4. The number of rotatable bonds is 6. The van der Waals surface area contributed by atoms with Crippen LogP contribution in [0.5, 0.6) is 0 Å². The summed E-state index contributed by atoms with van der Waals surface area (Å²) in [6.07, 6.45) is 0.167. The normalized spacial score (nSPS) is 11.8. The molecule has 0 radical (unpaired) electrons. The third-order valence-corrected chi connectivity index (χ3v) is 5.65. The highest BCUT2D eigenvalue weighted by atomic mass is 79.9. The largest absolute Gasteiger partial charge is 0.243 e. The average molecular weight is 380 g/mol. The highest BCUT2D eigenvalue weighted by Crippen LogP contribution is 2.27. The maximum Gasteiger partial charge on any atom is 0.243 e. The molecular formula is C13H16BrClN2O2S. The first-order valence-corrected chi connectivity index (χ1v) is 8.72. The van der Waals surface area contributed by atoms with Gasteiger partial charge in [-0.2, -0.15) is 9.57 Å². The molecule has 1 rings (SSSR count). The standard InChI is InChI=1S/C13H16BrClN2O2S/c1-10(2)9-17(7-3-6-16)20(18,19)11-4-5-13(15)12(14)8-11/h4-5,8,10H,3,7,9H2,1-2H3. The predicted molar refractivity (Wildman–Crippen MR) is 83.0 cm³/mol. The Morgan fingerprint density at radius 3 is 2.60 bits per heavy atom. The third kappa shape index (κ3) is 4.45. The second-order valence-electron chi connectivity index (χ2n) is 4.74. The van der Waals surface area contributed by atoms with E-state index in [2.05, 4.69) is 15.9 Å². The molecule has 0 amide bonds. The van der Waals surface area contributed by atoms with Crippen molar-refractivity contribution >= 4 is 37.6 Å². The van der Waals surface area contributed by atoms with E-state index >= 15 is 0 Å². The summed E-state index contributed by atoms with van der Waals surface area (Å²) in [5, 5.41) is 9.12. The highest BCUT2D eigenvalue weighted by molar-refractivity contribution is 9.10. The van der Waals surface area contributed by atoms with Crippen LogP contribution in [0.15, 0.2) is 27.6 Å². The van der Waals surface area contributed by atoms with Gasteiger partial charge in [-0.15, -0.1) is 0 Å². The summed E-state index contributed by atoms with van der Waals surface area (Å²) in [7, 11) is -3.61. The first-order valence-electron chi connectivity index (χ1n) is 6.11. The van der Waals surface area contributed by atoms with Crippen LogP contribution < -0.4 is 0 Å². The second-order valence-corrected chi connectivity index (χ2v) is 7.94. The lowest BCUT2D eigenvalue weighted by Gasteiger charge is -2.23. The number of nitriles is 1. The van der Waals surface area contributed by atoms with Crippen molar-refractivity contribution in [2.24, 2.45) is 5.92 Å². The van der Waals surface area contributed by atoms with Crippen molar-refractivity contribution in [3.8, 4) is 6.07 Å². The van der Waals surface area contributed by atoms with Crippen LogP contribution >= 0.6 is 27.5 Å². The lowest BCUT2D eigenvalue weighted by Crippen LogP contribution is -2.35. The molecule has 20 heavy (non-hydrogen) atoms. The fourth-order valence-electron chi connectivity index (χ4n) is 1.68. The summed E-state index contributed by atoms with van der Waals surface area (Å²) in [5.74, 6) is 0.180. The second kappa shape index (κ2) is 7.41. The van der Waals surface area contributed by atoms with Crippen LogP contribution in [0.4, 0.5) is 0 Å². The molecular weight excluding hydrogens is 364 g/mol. The van der Waals surface area contributed by atoms with E-state index in [9.17, 15) is 8.42 Å². The summed E-state index contributed by atoms with van der Waals surface area (Å²) in [4.78, 5) is 0.173. The summed E-state index contributed by atoms with van der Waals surface area (Å²) >= 11 is 9.10. The van der Waals surface area contributed by atoms with Gasteiger partial charge < -0.3 is 0 Å². The van der Waals surface area contributed by atoms with Gasteiger partial charge in [-0.25, -0.2) is 8.42 Å². The molecule has 0 aliphatic rings. The minimum atomic E-state index is -3.61. The number of halogens is 2. The lowest BCUT2D eigenvalue weighted by atomic mass is 10.2. The maximum absolute atomic E-state index is 12.6. The van der Waals surface area contributed by atoms with E-state index in [4.69, 9.17) is 16.9 Å². The van der Waals surface area contributed by atoms with E-state index in [0.717, 1.165) is 0 Å². The third-order valence-electron chi connectivity index (χ3n) is 2.57. The van der Waals surface area contributed by atoms with E-state index in [1.807, 2.05) is 19.9 Å². The topological polar surface area (TPSA) is 61.2 Å². The van der Waals surface area contributed by atoms with Crippen molar-refractivity contribution in [2.45, 2.75) is 25.2 Å². The smallest absolute Gasteiger partial charge is 0.207 e. The molecule has 0 aliphatic heterocycles. The van der Waals surface area contributed by atoms with Gasteiger partial charge >= 0.3 is 0 Å². The zero-order valence-corrected chi connectivity index (χ0v) is 14.5. The SMILES string of the molecule is CC(C)CN(CCC#N)S(=O)(=O)c1ccc(Cl)c(Br)c1. The van der Waals surface area contributed by atoms with E-state index in [1.165, 1.54) is 22.5 Å². The lowest BCUT2D eigenvalue weighted by molar-refractivity contribution is 0.373. The molecule has 0 saturated carbocycles. The van der Waals surface area contributed by atoms with Gasteiger partial charge in [0.15, 0.2) is 0 Å². The van der Waals surface area contributed by atoms with E-state index in [-0.39, 0.29) is 23.8 Å². The van der Waals surface area contributed by atoms with E-state index in [0.29, 0.717) is 16.0 Å². The molecule has 4 nitrogen and oxygen atoms in total. The van der Waals surface area contributed by atoms with Crippen molar-refractivity contribution < 1.29 is 8.42 Å². The molecule has 0 aliphatic carbocycles. The van der Waals surface area contributed by atoms with Gasteiger partial charge in [-0.3, -0.25) is 0 Å². The molecule has 0 fully saturated rings. The molecule has 0 heterocycles. The van der Waals surface area contributed by atoms with Gasteiger partial charge in [0.05, 0.1) is 16.0 Å². The minimum Gasteiger partial charge on any atom is -0.207 e. The van der Waals surface area contributed by atoms with E-state index < -0.39 is 10.0 Å². The average Bonchev–Trinajstić information content (AvgIpc) is 2.37. The zero-order valence-electron chi connectivity index (χ0n) is 11.3. The van der Waals surface area contributed by atoms with Crippen LogP contribution in [0.2, 0.25) is 5.02 Å².